The molecule has 1 aliphatic rings. The fraction of sp³-hybridized carbons (Fsp3) is 0.647. The third-order valence-corrected chi connectivity index (χ3v) is 4.00. The van der Waals surface area contributed by atoms with Gasteiger partial charge in [-0.25, -0.2) is 9.78 Å². The molecule has 1 aromatic heterocycles. The number of nitrogens with one attached hydrogen (secondary N) is 1. The van der Waals surface area contributed by atoms with Crippen LogP contribution < -0.4 is 10.2 Å². The molecule has 0 spiro atoms. The number of hydrogen-bond donors (Lipinski definition) is 1. The summed E-state index contributed by atoms with van der Waals surface area (Å²) < 4.78 is 5.38. The van der Waals surface area contributed by atoms with Crippen LogP contribution in [0.3, 0.4) is 0 Å². The van der Waals surface area contributed by atoms with E-state index in [0.29, 0.717) is 31.7 Å². The zero-order valence-corrected chi connectivity index (χ0v) is 16.0. The molecule has 0 saturated carbocycles. The van der Waals surface area contributed by atoms with E-state index in [1.54, 1.807) is 15.9 Å². The number of amides is 1. The van der Waals surface area contributed by atoms with Crippen molar-refractivity contribution in [2.75, 3.05) is 37.4 Å². The molecular formula is C17H27N5O4. The summed E-state index contributed by atoms with van der Waals surface area (Å²) in [6.07, 6.45) is 1.02. The Morgan fingerprint density at radius 3 is 2.46 bits per heavy atom. The molecular weight excluding hydrogens is 338 g/mol. The third-order valence-electron chi connectivity index (χ3n) is 4.00. The van der Waals surface area contributed by atoms with Crippen LogP contribution in [0.1, 0.15) is 33.6 Å². The van der Waals surface area contributed by atoms with Crippen LogP contribution in [0, 0.1) is 10.1 Å². The Morgan fingerprint density at radius 2 is 1.96 bits per heavy atom. The number of aromatic nitrogens is 1. The predicted octanol–water partition coefficient (Wildman–Crippen LogP) is 2.87. The van der Waals surface area contributed by atoms with Crippen molar-refractivity contribution in [2.24, 2.45) is 0 Å². The molecule has 9 nitrogen and oxygen atoms in total. The zero-order valence-electron chi connectivity index (χ0n) is 16.0. The number of rotatable bonds is 4. The fourth-order valence-corrected chi connectivity index (χ4v) is 2.67. The summed E-state index contributed by atoms with van der Waals surface area (Å²) in [6.45, 7) is 6.58. The molecule has 0 radical (unpaired) electrons. The van der Waals surface area contributed by atoms with Gasteiger partial charge in [-0.15, -0.1) is 0 Å². The van der Waals surface area contributed by atoms with Crippen LogP contribution in [0.25, 0.3) is 0 Å². The fourth-order valence-electron chi connectivity index (χ4n) is 2.67. The highest BCUT2D eigenvalue weighted by atomic mass is 16.6. The molecule has 1 amide bonds. The van der Waals surface area contributed by atoms with Gasteiger partial charge in [0, 0.05) is 39.3 Å². The number of piperidine rings is 1. The predicted molar refractivity (Wildman–Crippen MR) is 99.7 cm³/mol. The standard InChI is InChI=1S/C17H27N5O4/c1-17(2,3)26-16(23)21-10-8-12(9-11-21)18-15-13(22(24)25)6-7-14(19-15)20(4)5/h6-7,12H,8-11H2,1-5H3,(H,18,19). The van der Waals surface area contributed by atoms with Crippen molar-refractivity contribution >= 4 is 23.4 Å². The molecule has 144 valence electrons. The van der Waals surface area contributed by atoms with Crippen LogP contribution in [0.4, 0.5) is 22.1 Å². The van der Waals surface area contributed by atoms with Gasteiger partial charge in [0.15, 0.2) is 0 Å². The number of anilines is 2. The first-order valence-electron chi connectivity index (χ1n) is 8.64. The lowest BCUT2D eigenvalue weighted by atomic mass is 10.1. The first-order chi connectivity index (χ1) is 12.1. The monoisotopic (exact) mass is 365 g/mol. The van der Waals surface area contributed by atoms with Crippen LogP contribution in [-0.2, 0) is 4.74 Å². The first kappa shape index (κ1) is 19.7. The summed E-state index contributed by atoms with van der Waals surface area (Å²) in [5.74, 6) is 0.904. The maximum atomic E-state index is 12.1. The lowest BCUT2D eigenvalue weighted by Crippen LogP contribution is -2.44. The van der Waals surface area contributed by atoms with Crippen LogP contribution in [-0.4, -0.2) is 59.7 Å². The Hall–Kier alpha value is -2.58. The summed E-state index contributed by atoms with van der Waals surface area (Å²) in [5.41, 5.74) is -0.575. The second-order valence-electron chi connectivity index (χ2n) is 7.57. The average molecular weight is 365 g/mol. The molecule has 1 saturated heterocycles. The van der Waals surface area contributed by atoms with E-state index in [-0.39, 0.29) is 23.6 Å². The topological polar surface area (TPSA) is 101 Å². The van der Waals surface area contributed by atoms with Gasteiger partial charge >= 0.3 is 11.8 Å². The Labute approximate surface area is 153 Å². The number of hydrogen-bond acceptors (Lipinski definition) is 7. The van der Waals surface area contributed by atoms with E-state index in [2.05, 4.69) is 10.3 Å². The van der Waals surface area contributed by atoms with Crippen molar-refractivity contribution in [3.05, 3.63) is 22.2 Å². The van der Waals surface area contributed by atoms with E-state index in [4.69, 9.17) is 4.74 Å². The molecule has 1 fully saturated rings. The quantitative estimate of drug-likeness (QED) is 0.646. The van der Waals surface area contributed by atoms with Crippen molar-refractivity contribution in [3.63, 3.8) is 0 Å². The Kier molecular flexibility index (Phi) is 5.89. The van der Waals surface area contributed by atoms with Gasteiger partial charge in [-0.3, -0.25) is 10.1 Å². The van der Waals surface area contributed by atoms with Crippen molar-refractivity contribution < 1.29 is 14.5 Å². The van der Waals surface area contributed by atoms with Crippen LogP contribution in [0.2, 0.25) is 0 Å². The molecule has 2 rings (SSSR count). The number of ether oxygens (including phenoxy) is 1. The highest BCUT2D eigenvalue weighted by Gasteiger charge is 2.28. The van der Waals surface area contributed by atoms with Crippen molar-refractivity contribution in [1.29, 1.82) is 0 Å². The normalized spacial score (nSPS) is 15.5. The van der Waals surface area contributed by atoms with Crippen molar-refractivity contribution in [2.45, 2.75) is 45.3 Å². The van der Waals surface area contributed by atoms with E-state index in [9.17, 15) is 14.9 Å². The van der Waals surface area contributed by atoms with E-state index < -0.39 is 10.5 Å². The molecule has 0 aromatic carbocycles. The summed E-state index contributed by atoms with van der Waals surface area (Å²) in [4.78, 5) is 30.8. The second kappa shape index (κ2) is 7.76. The lowest BCUT2D eigenvalue weighted by molar-refractivity contribution is -0.384. The minimum absolute atomic E-state index is 0.0114. The Balaban J connectivity index is 2.02. The van der Waals surface area contributed by atoms with Gasteiger partial charge in [0.1, 0.15) is 11.4 Å². The van der Waals surface area contributed by atoms with Crippen LogP contribution in [0.15, 0.2) is 12.1 Å². The summed E-state index contributed by atoms with van der Waals surface area (Å²) >= 11 is 0. The molecule has 9 heteroatoms. The van der Waals surface area contributed by atoms with E-state index >= 15 is 0 Å². The second-order valence-corrected chi connectivity index (χ2v) is 7.57. The Morgan fingerprint density at radius 1 is 1.35 bits per heavy atom. The van der Waals surface area contributed by atoms with E-state index in [1.165, 1.54) is 6.07 Å². The van der Waals surface area contributed by atoms with Gasteiger partial charge in [-0.2, -0.15) is 0 Å². The lowest BCUT2D eigenvalue weighted by Gasteiger charge is -2.33. The number of pyridine rings is 1. The van der Waals surface area contributed by atoms with Gasteiger partial charge in [0.05, 0.1) is 4.92 Å². The first-order valence-corrected chi connectivity index (χ1v) is 8.64. The highest BCUT2D eigenvalue weighted by molar-refractivity contribution is 5.68. The highest BCUT2D eigenvalue weighted by Crippen LogP contribution is 2.27. The largest absolute Gasteiger partial charge is 0.444 e. The van der Waals surface area contributed by atoms with Gasteiger partial charge in [0.25, 0.3) is 0 Å². The number of nitro groups is 1. The molecule has 26 heavy (non-hydrogen) atoms. The summed E-state index contributed by atoms with van der Waals surface area (Å²) in [7, 11) is 3.66. The SMILES string of the molecule is CN(C)c1ccc([N+](=O)[O-])c(NC2CCN(C(=O)OC(C)(C)C)CC2)n1. The molecule has 0 aliphatic carbocycles. The molecule has 0 atom stereocenters. The van der Waals surface area contributed by atoms with Gasteiger partial charge in [-0.05, 0) is 39.7 Å². The number of likely N-dealkylation sites (tertiary alicyclic amines) is 1. The van der Waals surface area contributed by atoms with E-state index in [0.717, 1.165) is 0 Å². The molecule has 0 unspecified atom stereocenters. The molecule has 1 aromatic rings. The van der Waals surface area contributed by atoms with Gasteiger partial charge in [0.2, 0.25) is 5.82 Å². The number of carbonyl (C=O) groups is 1. The zero-order chi connectivity index (χ0) is 19.5. The third kappa shape index (κ3) is 5.21. The minimum Gasteiger partial charge on any atom is -0.444 e. The summed E-state index contributed by atoms with van der Waals surface area (Å²) in [6, 6.07) is 3.09. The Bertz CT molecular complexity index is 664. The average Bonchev–Trinajstić information content (AvgIpc) is 2.53. The minimum atomic E-state index is -0.524. The van der Waals surface area contributed by atoms with Crippen molar-refractivity contribution in [3.8, 4) is 0 Å². The van der Waals surface area contributed by atoms with E-state index in [1.807, 2.05) is 34.9 Å². The van der Waals surface area contributed by atoms with Crippen LogP contribution >= 0.6 is 0 Å². The summed E-state index contributed by atoms with van der Waals surface area (Å²) in [5, 5.41) is 14.4. The smallest absolute Gasteiger partial charge is 0.410 e. The number of nitrogens with zero attached hydrogens (tertiary/aromatic N) is 4. The molecule has 0 bridgehead atoms. The maximum absolute atomic E-state index is 12.1. The van der Waals surface area contributed by atoms with Gasteiger partial charge < -0.3 is 19.9 Å². The van der Waals surface area contributed by atoms with Crippen molar-refractivity contribution in [1.82, 2.24) is 9.88 Å². The maximum Gasteiger partial charge on any atom is 0.410 e. The molecule has 2 heterocycles. The molecule has 1 N–H and O–H groups in total. The molecule has 1 aliphatic heterocycles. The van der Waals surface area contributed by atoms with Crippen LogP contribution in [0.5, 0.6) is 0 Å². The number of carbonyl (C=O) groups excluding carboxylic acids is 1. The van der Waals surface area contributed by atoms with Gasteiger partial charge in [-0.1, -0.05) is 0 Å².